The topological polar surface area (TPSA) is 77.2 Å². The van der Waals surface area contributed by atoms with Crippen LogP contribution in [-0.2, 0) is 4.74 Å². The van der Waals surface area contributed by atoms with Gasteiger partial charge in [-0.15, -0.1) is 0 Å². The Morgan fingerprint density at radius 1 is 1.71 bits per heavy atom. The van der Waals surface area contributed by atoms with Gasteiger partial charge in [-0.05, 0) is 32.4 Å². The monoisotopic (exact) mass is 235 g/mol. The van der Waals surface area contributed by atoms with Crippen LogP contribution in [0, 0.1) is 0 Å². The van der Waals surface area contributed by atoms with Crippen LogP contribution in [-0.4, -0.2) is 29.1 Å². The molecule has 0 spiro atoms. The summed E-state index contributed by atoms with van der Waals surface area (Å²) in [5.41, 5.74) is 5.52. The molecule has 17 heavy (non-hydrogen) atoms. The maximum absolute atomic E-state index is 11.3. The quantitative estimate of drug-likeness (QED) is 0.824. The molecule has 2 atom stereocenters. The summed E-state index contributed by atoms with van der Waals surface area (Å²) >= 11 is 0. The first kappa shape index (κ1) is 11.9. The summed E-state index contributed by atoms with van der Waals surface area (Å²) in [6.45, 7) is 4.78. The second-order valence-corrected chi connectivity index (χ2v) is 4.57. The van der Waals surface area contributed by atoms with Crippen molar-refractivity contribution in [3.05, 3.63) is 23.9 Å². The van der Waals surface area contributed by atoms with Gasteiger partial charge in [0.05, 0.1) is 17.2 Å². The van der Waals surface area contributed by atoms with Crippen molar-refractivity contribution >= 4 is 11.7 Å². The van der Waals surface area contributed by atoms with Crippen molar-refractivity contribution < 1.29 is 9.53 Å². The van der Waals surface area contributed by atoms with Crippen molar-refractivity contribution in [1.82, 2.24) is 4.98 Å². The van der Waals surface area contributed by atoms with Gasteiger partial charge in [-0.25, -0.2) is 4.98 Å². The van der Waals surface area contributed by atoms with E-state index < -0.39 is 5.91 Å². The summed E-state index contributed by atoms with van der Waals surface area (Å²) in [4.78, 5) is 15.5. The zero-order chi connectivity index (χ0) is 12.5. The average Bonchev–Trinajstić information content (AvgIpc) is 2.59. The molecule has 0 aliphatic carbocycles. The van der Waals surface area contributed by atoms with Gasteiger partial charge < -0.3 is 15.8 Å². The standard InChI is InChI=1S/C12H17N3O2/c1-8-12(2,5-7-17-8)15-11-9(10(13)16)4-3-6-14-11/h3-4,6,8H,5,7H2,1-2H3,(H2,13,16)(H,14,15). The van der Waals surface area contributed by atoms with E-state index in [0.29, 0.717) is 18.0 Å². The Bertz CT molecular complexity index is 436. The molecule has 0 saturated carbocycles. The molecule has 5 heteroatoms. The fourth-order valence-electron chi connectivity index (χ4n) is 1.97. The summed E-state index contributed by atoms with van der Waals surface area (Å²) in [5, 5.41) is 3.28. The van der Waals surface area contributed by atoms with Gasteiger partial charge in [0.1, 0.15) is 5.82 Å². The van der Waals surface area contributed by atoms with Crippen LogP contribution >= 0.6 is 0 Å². The summed E-state index contributed by atoms with van der Waals surface area (Å²) < 4.78 is 5.53. The molecule has 2 unspecified atom stereocenters. The third kappa shape index (κ3) is 2.24. The van der Waals surface area contributed by atoms with Gasteiger partial charge >= 0.3 is 0 Å². The number of nitrogens with two attached hydrogens (primary N) is 1. The van der Waals surface area contributed by atoms with E-state index in [1.165, 1.54) is 0 Å². The normalized spacial score (nSPS) is 28.0. The second-order valence-electron chi connectivity index (χ2n) is 4.57. The van der Waals surface area contributed by atoms with Gasteiger partial charge in [0.2, 0.25) is 0 Å². The van der Waals surface area contributed by atoms with Crippen LogP contribution in [0.3, 0.4) is 0 Å². The Labute approximate surface area is 100 Å². The maximum atomic E-state index is 11.3. The highest BCUT2D eigenvalue weighted by molar-refractivity contribution is 5.97. The molecule has 1 aliphatic heterocycles. The number of hydrogen-bond acceptors (Lipinski definition) is 4. The molecular weight excluding hydrogens is 218 g/mol. The predicted octanol–water partition coefficient (Wildman–Crippen LogP) is 1.16. The summed E-state index contributed by atoms with van der Waals surface area (Å²) in [6, 6.07) is 3.36. The van der Waals surface area contributed by atoms with Gasteiger partial charge in [0.15, 0.2) is 0 Å². The number of aromatic nitrogens is 1. The van der Waals surface area contributed by atoms with Gasteiger partial charge in [0, 0.05) is 12.8 Å². The number of primary amides is 1. The Morgan fingerprint density at radius 2 is 2.47 bits per heavy atom. The molecular formula is C12H17N3O2. The van der Waals surface area contributed by atoms with E-state index in [-0.39, 0.29) is 11.6 Å². The molecule has 92 valence electrons. The number of carbonyl (C=O) groups is 1. The van der Waals surface area contributed by atoms with E-state index in [2.05, 4.69) is 17.2 Å². The minimum absolute atomic E-state index is 0.0743. The van der Waals surface area contributed by atoms with Crippen LogP contribution in [0.25, 0.3) is 0 Å². The highest BCUT2D eigenvalue weighted by atomic mass is 16.5. The van der Waals surface area contributed by atoms with Crippen LogP contribution in [0.4, 0.5) is 5.82 Å². The number of rotatable bonds is 3. The van der Waals surface area contributed by atoms with Gasteiger partial charge in [-0.1, -0.05) is 0 Å². The first-order valence-corrected chi connectivity index (χ1v) is 5.67. The molecule has 1 amide bonds. The number of hydrogen-bond donors (Lipinski definition) is 2. The SMILES string of the molecule is CC1OCCC1(C)Nc1ncccc1C(N)=O. The van der Waals surface area contributed by atoms with E-state index in [1.807, 2.05) is 6.92 Å². The number of anilines is 1. The number of amides is 1. The van der Waals surface area contributed by atoms with Gasteiger partial charge in [-0.3, -0.25) is 4.79 Å². The number of nitrogens with one attached hydrogen (secondary N) is 1. The largest absolute Gasteiger partial charge is 0.376 e. The van der Waals surface area contributed by atoms with E-state index in [4.69, 9.17) is 10.5 Å². The average molecular weight is 235 g/mol. The van der Waals surface area contributed by atoms with E-state index in [0.717, 1.165) is 6.42 Å². The maximum Gasteiger partial charge on any atom is 0.252 e. The van der Waals surface area contributed by atoms with Crippen molar-refractivity contribution in [2.75, 3.05) is 11.9 Å². The lowest BCUT2D eigenvalue weighted by Crippen LogP contribution is -2.42. The summed E-state index contributed by atoms with van der Waals surface area (Å²) in [7, 11) is 0. The number of nitrogens with zero attached hydrogens (tertiary/aromatic N) is 1. The molecule has 3 N–H and O–H groups in total. The summed E-state index contributed by atoms with van der Waals surface area (Å²) in [6.07, 6.45) is 2.59. The lowest BCUT2D eigenvalue weighted by atomic mass is 9.94. The van der Waals surface area contributed by atoms with E-state index in [9.17, 15) is 4.79 Å². The zero-order valence-corrected chi connectivity index (χ0v) is 10.1. The molecule has 1 aromatic heterocycles. The highest BCUT2D eigenvalue weighted by Gasteiger charge is 2.37. The molecule has 1 saturated heterocycles. The Morgan fingerprint density at radius 3 is 3.06 bits per heavy atom. The van der Waals surface area contributed by atoms with Crippen LogP contribution in [0.2, 0.25) is 0 Å². The molecule has 2 heterocycles. The summed E-state index contributed by atoms with van der Waals surface area (Å²) in [5.74, 6) is 0.0515. The lowest BCUT2D eigenvalue weighted by molar-refractivity contribution is 0.0997. The third-order valence-electron chi connectivity index (χ3n) is 3.36. The Kier molecular flexibility index (Phi) is 3.02. The number of ether oxygens (including phenoxy) is 1. The fraction of sp³-hybridized carbons (Fsp3) is 0.500. The predicted molar refractivity (Wildman–Crippen MR) is 64.8 cm³/mol. The van der Waals surface area contributed by atoms with Crippen LogP contribution < -0.4 is 11.1 Å². The molecule has 5 nitrogen and oxygen atoms in total. The molecule has 2 rings (SSSR count). The molecule has 1 aromatic rings. The number of pyridine rings is 1. The Balaban J connectivity index is 2.27. The molecule has 1 aliphatic rings. The van der Waals surface area contributed by atoms with Crippen molar-refractivity contribution in [3.63, 3.8) is 0 Å². The first-order valence-electron chi connectivity index (χ1n) is 5.67. The number of carbonyl (C=O) groups excluding carboxylic acids is 1. The highest BCUT2D eigenvalue weighted by Crippen LogP contribution is 2.29. The van der Waals surface area contributed by atoms with E-state index >= 15 is 0 Å². The first-order chi connectivity index (χ1) is 8.03. The minimum Gasteiger partial charge on any atom is -0.376 e. The molecule has 1 fully saturated rings. The van der Waals surface area contributed by atoms with Crippen LogP contribution in [0.5, 0.6) is 0 Å². The smallest absolute Gasteiger partial charge is 0.252 e. The van der Waals surface area contributed by atoms with Gasteiger partial charge in [-0.2, -0.15) is 0 Å². The second kappa shape index (κ2) is 4.33. The van der Waals surface area contributed by atoms with Crippen LogP contribution in [0.15, 0.2) is 18.3 Å². The van der Waals surface area contributed by atoms with Crippen molar-refractivity contribution in [1.29, 1.82) is 0 Å². The van der Waals surface area contributed by atoms with Crippen molar-refractivity contribution in [2.24, 2.45) is 5.73 Å². The van der Waals surface area contributed by atoms with Crippen molar-refractivity contribution in [2.45, 2.75) is 31.9 Å². The molecule has 0 bridgehead atoms. The zero-order valence-electron chi connectivity index (χ0n) is 10.1. The van der Waals surface area contributed by atoms with Crippen molar-refractivity contribution in [3.8, 4) is 0 Å². The van der Waals surface area contributed by atoms with Crippen LogP contribution in [0.1, 0.15) is 30.6 Å². The minimum atomic E-state index is -0.476. The Hall–Kier alpha value is -1.62. The molecule has 0 aromatic carbocycles. The van der Waals surface area contributed by atoms with Gasteiger partial charge in [0.25, 0.3) is 5.91 Å². The van der Waals surface area contributed by atoms with E-state index in [1.54, 1.807) is 18.3 Å². The molecule has 0 radical (unpaired) electrons. The fourth-order valence-corrected chi connectivity index (χ4v) is 1.97. The third-order valence-corrected chi connectivity index (χ3v) is 3.36. The lowest BCUT2D eigenvalue weighted by Gasteiger charge is -2.30.